The standard InChI is InChI=1S/C15H26N4/c1-3-13-11-14(19(4-2)18-13)15(17-16)12-9-7-5-6-8-10-12/h9,11,15,17H,3-8,10,16H2,1-2H3. The van der Waals surface area contributed by atoms with Gasteiger partial charge in [0.2, 0.25) is 0 Å². The van der Waals surface area contributed by atoms with E-state index in [1.54, 1.807) is 0 Å². The Kier molecular flexibility index (Phi) is 5.16. The minimum absolute atomic E-state index is 0.117. The van der Waals surface area contributed by atoms with Crippen molar-refractivity contribution in [3.05, 3.63) is 29.1 Å². The average Bonchev–Trinajstić information content (AvgIpc) is 2.66. The maximum Gasteiger partial charge on any atom is 0.0838 e. The van der Waals surface area contributed by atoms with E-state index in [0.29, 0.717) is 0 Å². The highest BCUT2D eigenvalue weighted by Crippen LogP contribution is 2.29. The van der Waals surface area contributed by atoms with Gasteiger partial charge >= 0.3 is 0 Å². The molecule has 1 aromatic rings. The molecule has 0 aliphatic heterocycles. The normalized spacial score (nSPS) is 17.9. The second kappa shape index (κ2) is 6.87. The summed E-state index contributed by atoms with van der Waals surface area (Å²) in [6.45, 7) is 5.16. The minimum Gasteiger partial charge on any atom is -0.271 e. The van der Waals surface area contributed by atoms with Crippen LogP contribution in [0.3, 0.4) is 0 Å². The number of nitrogens with one attached hydrogen (secondary N) is 1. The fraction of sp³-hybridized carbons (Fsp3) is 0.667. The molecule has 2 rings (SSSR count). The second-order valence-corrected chi connectivity index (χ2v) is 5.21. The van der Waals surface area contributed by atoms with Gasteiger partial charge in [0.15, 0.2) is 0 Å². The SMILES string of the molecule is CCc1cc(C(NN)C2=CCCCCC2)n(CC)n1. The molecule has 0 amide bonds. The maximum atomic E-state index is 5.83. The van der Waals surface area contributed by atoms with Crippen molar-refractivity contribution >= 4 is 0 Å². The molecule has 1 aromatic heterocycles. The zero-order chi connectivity index (χ0) is 13.7. The third-order valence-corrected chi connectivity index (χ3v) is 3.93. The molecule has 3 N–H and O–H groups in total. The summed E-state index contributed by atoms with van der Waals surface area (Å²) >= 11 is 0. The predicted molar refractivity (Wildman–Crippen MR) is 78.5 cm³/mol. The molecule has 0 fully saturated rings. The van der Waals surface area contributed by atoms with Gasteiger partial charge in [-0.05, 0) is 45.1 Å². The minimum atomic E-state index is 0.117. The van der Waals surface area contributed by atoms with E-state index < -0.39 is 0 Å². The molecular formula is C15H26N4. The van der Waals surface area contributed by atoms with Crippen LogP contribution in [-0.4, -0.2) is 9.78 Å². The number of allylic oxidation sites excluding steroid dienone is 1. The highest BCUT2D eigenvalue weighted by atomic mass is 15.3. The van der Waals surface area contributed by atoms with Crippen LogP contribution in [0.4, 0.5) is 0 Å². The number of hydrogen-bond acceptors (Lipinski definition) is 3. The summed E-state index contributed by atoms with van der Waals surface area (Å²) in [6, 6.07) is 2.31. The monoisotopic (exact) mass is 262 g/mol. The first-order chi connectivity index (χ1) is 9.30. The highest BCUT2D eigenvalue weighted by molar-refractivity contribution is 5.25. The van der Waals surface area contributed by atoms with Crippen molar-refractivity contribution in [1.82, 2.24) is 15.2 Å². The Morgan fingerprint density at radius 2 is 2.21 bits per heavy atom. The van der Waals surface area contributed by atoms with Gasteiger partial charge in [-0.2, -0.15) is 5.10 Å². The Morgan fingerprint density at radius 1 is 1.37 bits per heavy atom. The molecule has 0 saturated carbocycles. The van der Waals surface area contributed by atoms with E-state index in [2.05, 4.69) is 41.2 Å². The molecule has 1 aliphatic carbocycles. The van der Waals surface area contributed by atoms with E-state index in [0.717, 1.165) is 25.1 Å². The van der Waals surface area contributed by atoms with Crippen LogP contribution in [0.2, 0.25) is 0 Å². The van der Waals surface area contributed by atoms with E-state index in [1.165, 1.54) is 37.0 Å². The van der Waals surface area contributed by atoms with Crippen LogP contribution in [0.25, 0.3) is 0 Å². The molecule has 4 nitrogen and oxygen atoms in total. The van der Waals surface area contributed by atoms with E-state index in [-0.39, 0.29) is 6.04 Å². The molecule has 1 aliphatic rings. The van der Waals surface area contributed by atoms with Gasteiger partial charge in [0.25, 0.3) is 0 Å². The number of hydrogen-bond donors (Lipinski definition) is 2. The summed E-state index contributed by atoms with van der Waals surface area (Å²) in [5.41, 5.74) is 6.78. The van der Waals surface area contributed by atoms with Crippen molar-refractivity contribution in [3.63, 3.8) is 0 Å². The zero-order valence-corrected chi connectivity index (χ0v) is 12.2. The third-order valence-electron chi connectivity index (χ3n) is 3.93. The number of nitrogens with zero attached hydrogens (tertiary/aromatic N) is 2. The molecule has 0 aromatic carbocycles. The van der Waals surface area contributed by atoms with Gasteiger partial charge < -0.3 is 0 Å². The Balaban J connectivity index is 2.29. The van der Waals surface area contributed by atoms with Crippen molar-refractivity contribution in [2.75, 3.05) is 0 Å². The van der Waals surface area contributed by atoms with Gasteiger partial charge in [-0.1, -0.05) is 25.0 Å². The molecule has 1 heterocycles. The van der Waals surface area contributed by atoms with Gasteiger partial charge in [-0.15, -0.1) is 0 Å². The molecule has 0 bridgehead atoms. The number of hydrazine groups is 1. The maximum absolute atomic E-state index is 5.83. The molecular weight excluding hydrogens is 236 g/mol. The van der Waals surface area contributed by atoms with Crippen molar-refractivity contribution in [1.29, 1.82) is 0 Å². The van der Waals surface area contributed by atoms with Crippen LogP contribution in [0, 0.1) is 0 Å². The topological polar surface area (TPSA) is 55.9 Å². The number of nitrogens with two attached hydrogens (primary N) is 1. The van der Waals surface area contributed by atoms with Crippen LogP contribution < -0.4 is 11.3 Å². The lowest BCUT2D eigenvalue weighted by atomic mass is 9.99. The first-order valence-corrected chi connectivity index (χ1v) is 7.51. The van der Waals surface area contributed by atoms with Crippen molar-refractivity contribution in [2.24, 2.45) is 5.84 Å². The zero-order valence-electron chi connectivity index (χ0n) is 12.2. The molecule has 1 unspecified atom stereocenters. The Hall–Kier alpha value is -1.13. The molecule has 0 spiro atoms. The average molecular weight is 262 g/mol. The summed E-state index contributed by atoms with van der Waals surface area (Å²) in [4.78, 5) is 0. The van der Waals surface area contributed by atoms with E-state index in [9.17, 15) is 0 Å². The molecule has 106 valence electrons. The third kappa shape index (κ3) is 3.25. The van der Waals surface area contributed by atoms with Crippen LogP contribution in [0.15, 0.2) is 17.7 Å². The molecule has 0 radical (unpaired) electrons. The number of aromatic nitrogens is 2. The predicted octanol–water partition coefficient (Wildman–Crippen LogP) is 2.86. The van der Waals surface area contributed by atoms with Crippen LogP contribution in [-0.2, 0) is 13.0 Å². The van der Waals surface area contributed by atoms with Gasteiger partial charge in [0.1, 0.15) is 0 Å². The number of aryl methyl sites for hydroxylation is 2. The molecule has 0 saturated heterocycles. The second-order valence-electron chi connectivity index (χ2n) is 5.21. The van der Waals surface area contributed by atoms with Crippen LogP contribution >= 0.6 is 0 Å². The smallest absolute Gasteiger partial charge is 0.0838 e. The summed E-state index contributed by atoms with van der Waals surface area (Å²) in [5.74, 6) is 5.83. The summed E-state index contributed by atoms with van der Waals surface area (Å²) in [6.07, 6.45) is 9.55. The van der Waals surface area contributed by atoms with Gasteiger partial charge in [0.05, 0.1) is 17.4 Å². The summed E-state index contributed by atoms with van der Waals surface area (Å²) in [5, 5.41) is 4.63. The van der Waals surface area contributed by atoms with Gasteiger partial charge in [-0.3, -0.25) is 10.5 Å². The Bertz CT molecular complexity index is 433. The number of rotatable bonds is 5. The summed E-state index contributed by atoms with van der Waals surface area (Å²) in [7, 11) is 0. The molecule has 4 heteroatoms. The van der Waals surface area contributed by atoms with E-state index >= 15 is 0 Å². The Labute approximate surface area is 116 Å². The van der Waals surface area contributed by atoms with Crippen molar-refractivity contribution < 1.29 is 0 Å². The lowest BCUT2D eigenvalue weighted by Crippen LogP contribution is -2.31. The fourth-order valence-electron chi connectivity index (χ4n) is 2.83. The molecule has 19 heavy (non-hydrogen) atoms. The first-order valence-electron chi connectivity index (χ1n) is 7.51. The quantitative estimate of drug-likeness (QED) is 0.487. The van der Waals surface area contributed by atoms with Crippen LogP contribution in [0.5, 0.6) is 0 Å². The van der Waals surface area contributed by atoms with Gasteiger partial charge in [-0.25, -0.2) is 5.43 Å². The fourth-order valence-corrected chi connectivity index (χ4v) is 2.83. The van der Waals surface area contributed by atoms with Crippen molar-refractivity contribution in [3.8, 4) is 0 Å². The summed E-state index contributed by atoms with van der Waals surface area (Å²) < 4.78 is 2.08. The Morgan fingerprint density at radius 3 is 2.89 bits per heavy atom. The van der Waals surface area contributed by atoms with Crippen molar-refractivity contribution in [2.45, 2.75) is 65.0 Å². The van der Waals surface area contributed by atoms with Gasteiger partial charge in [0, 0.05) is 6.54 Å². The largest absolute Gasteiger partial charge is 0.271 e. The van der Waals surface area contributed by atoms with E-state index in [4.69, 9.17) is 5.84 Å². The lowest BCUT2D eigenvalue weighted by molar-refractivity contribution is 0.522. The molecule has 1 atom stereocenters. The highest BCUT2D eigenvalue weighted by Gasteiger charge is 2.20. The lowest BCUT2D eigenvalue weighted by Gasteiger charge is -2.20. The van der Waals surface area contributed by atoms with E-state index in [1.807, 2.05) is 0 Å². The first kappa shape index (κ1) is 14.3. The van der Waals surface area contributed by atoms with Crippen LogP contribution in [0.1, 0.15) is 63.4 Å².